The van der Waals surface area contributed by atoms with Gasteiger partial charge in [0, 0.05) is 50.4 Å². The van der Waals surface area contributed by atoms with E-state index in [1.165, 1.54) is 12.1 Å². The Morgan fingerprint density at radius 2 is 1.64 bits per heavy atom. The number of rotatable bonds is 6. The zero-order valence-electron chi connectivity index (χ0n) is 21.7. The van der Waals surface area contributed by atoms with Crippen LogP contribution >= 0.6 is 23.2 Å². The van der Waals surface area contributed by atoms with Crippen molar-refractivity contribution in [3.63, 3.8) is 0 Å². The number of carbonyl (C=O) groups excluding carboxylic acids is 2. The van der Waals surface area contributed by atoms with Crippen LogP contribution in [0.3, 0.4) is 0 Å². The summed E-state index contributed by atoms with van der Waals surface area (Å²) in [7, 11) is 1.76. The van der Waals surface area contributed by atoms with Crippen molar-refractivity contribution in [2.75, 3.05) is 51.3 Å². The van der Waals surface area contributed by atoms with Gasteiger partial charge >= 0.3 is 0 Å². The van der Waals surface area contributed by atoms with Gasteiger partial charge in [-0.1, -0.05) is 41.4 Å². The van der Waals surface area contributed by atoms with Crippen LogP contribution in [-0.2, 0) is 16.0 Å². The number of likely N-dealkylation sites (N-methyl/N-ethyl adjacent to an activating group) is 1. The van der Waals surface area contributed by atoms with E-state index >= 15 is 0 Å². The van der Waals surface area contributed by atoms with Gasteiger partial charge in [-0.2, -0.15) is 0 Å². The summed E-state index contributed by atoms with van der Waals surface area (Å²) in [5.41, 5.74) is 3.30. The van der Waals surface area contributed by atoms with Gasteiger partial charge in [0.05, 0.1) is 35.7 Å². The molecule has 2 aliphatic heterocycles. The van der Waals surface area contributed by atoms with Gasteiger partial charge in [-0.3, -0.25) is 9.59 Å². The van der Waals surface area contributed by atoms with Crippen LogP contribution in [0.2, 0.25) is 10.0 Å². The lowest BCUT2D eigenvalue weighted by atomic mass is 9.93. The average molecular weight is 570 g/mol. The molecule has 0 saturated carbocycles. The molecule has 5 rings (SSSR count). The van der Waals surface area contributed by atoms with Crippen LogP contribution in [0.5, 0.6) is 0 Å². The van der Waals surface area contributed by atoms with Crippen molar-refractivity contribution in [2.24, 2.45) is 0 Å². The molecule has 2 atom stereocenters. The molecule has 0 spiro atoms. The van der Waals surface area contributed by atoms with E-state index in [1.807, 2.05) is 36.4 Å². The second-order valence-electron chi connectivity index (χ2n) is 10.0. The van der Waals surface area contributed by atoms with Gasteiger partial charge in [0.25, 0.3) is 5.91 Å². The number of nitrogens with zero attached hydrogens (tertiary/aromatic N) is 3. The Bertz CT molecular complexity index is 1330. The van der Waals surface area contributed by atoms with Gasteiger partial charge < -0.3 is 19.4 Å². The lowest BCUT2D eigenvalue weighted by Crippen LogP contribution is -2.42. The number of hydrogen-bond donors (Lipinski definition) is 0. The first-order valence-electron chi connectivity index (χ1n) is 13.0. The van der Waals surface area contributed by atoms with Crippen molar-refractivity contribution in [1.82, 2.24) is 9.80 Å². The van der Waals surface area contributed by atoms with Crippen LogP contribution in [0.15, 0.2) is 66.7 Å². The number of likely N-dealkylation sites (tertiary alicyclic amines) is 1. The van der Waals surface area contributed by atoms with Crippen molar-refractivity contribution in [2.45, 2.75) is 18.4 Å². The van der Waals surface area contributed by atoms with Crippen LogP contribution in [-0.4, -0.2) is 74.1 Å². The minimum Gasteiger partial charge on any atom is -0.378 e. The number of benzene rings is 3. The maximum Gasteiger partial charge on any atom is 0.253 e. The molecule has 6 nitrogen and oxygen atoms in total. The van der Waals surface area contributed by atoms with Gasteiger partial charge in [-0.05, 0) is 59.7 Å². The largest absolute Gasteiger partial charge is 0.378 e. The van der Waals surface area contributed by atoms with Crippen molar-refractivity contribution in [3.05, 3.63) is 99.3 Å². The molecule has 2 amide bonds. The Morgan fingerprint density at radius 1 is 0.949 bits per heavy atom. The summed E-state index contributed by atoms with van der Waals surface area (Å²) in [6.45, 7) is 3.84. The smallest absolute Gasteiger partial charge is 0.253 e. The number of amides is 2. The molecule has 0 N–H and O–H groups in total. The molecule has 2 aliphatic rings. The molecule has 0 aromatic heterocycles. The third-order valence-corrected chi connectivity index (χ3v) is 8.34. The minimum atomic E-state index is -0.345. The number of halogens is 3. The van der Waals surface area contributed by atoms with Crippen molar-refractivity contribution in [3.8, 4) is 0 Å². The highest BCUT2D eigenvalue weighted by atomic mass is 35.5. The van der Waals surface area contributed by atoms with E-state index < -0.39 is 0 Å². The van der Waals surface area contributed by atoms with Gasteiger partial charge in [0.1, 0.15) is 5.82 Å². The predicted octanol–water partition coefficient (Wildman–Crippen LogP) is 5.28. The second-order valence-corrected chi connectivity index (χ2v) is 10.8. The summed E-state index contributed by atoms with van der Waals surface area (Å²) in [6, 6.07) is 18.8. The Balaban J connectivity index is 1.36. The first-order valence-corrected chi connectivity index (χ1v) is 13.7. The zero-order chi connectivity index (χ0) is 27.5. The Hall–Kier alpha value is -3.13. The van der Waals surface area contributed by atoms with Crippen LogP contribution in [0.1, 0.15) is 27.4 Å². The number of anilines is 1. The van der Waals surface area contributed by atoms with Gasteiger partial charge in [-0.15, -0.1) is 0 Å². The average Bonchev–Trinajstić information content (AvgIpc) is 3.41. The molecule has 3 aromatic carbocycles. The zero-order valence-corrected chi connectivity index (χ0v) is 23.2. The Labute approximate surface area is 237 Å². The van der Waals surface area contributed by atoms with E-state index in [1.54, 1.807) is 35.0 Å². The number of morpholine rings is 1. The van der Waals surface area contributed by atoms with Crippen LogP contribution in [0, 0.1) is 5.82 Å². The van der Waals surface area contributed by atoms with E-state index in [2.05, 4.69) is 4.90 Å². The highest BCUT2D eigenvalue weighted by Gasteiger charge is 2.40. The molecule has 0 aliphatic carbocycles. The van der Waals surface area contributed by atoms with Gasteiger partial charge in [-0.25, -0.2) is 4.39 Å². The summed E-state index contributed by atoms with van der Waals surface area (Å²) >= 11 is 12.5. The predicted molar refractivity (Wildman–Crippen MR) is 151 cm³/mol. The number of ether oxygens (including phenoxy) is 1. The summed E-state index contributed by atoms with van der Waals surface area (Å²) < 4.78 is 18.8. The number of hydrogen-bond acceptors (Lipinski definition) is 4. The van der Waals surface area contributed by atoms with Crippen LogP contribution in [0.4, 0.5) is 10.1 Å². The van der Waals surface area contributed by atoms with Gasteiger partial charge in [0.15, 0.2) is 0 Å². The molecule has 2 unspecified atom stereocenters. The molecule has 204 valence electrons. The normalized spacial score (nSPS) is 19.3. The van der Waals surface area contributed by atoms with Crippen LogP contribution in [0.25, 0.3) is 0 Å². The Kier molecular flexibility index (Phi) is 8.40. The molecule has 0 bridgehead atoms. The van der Waals surface area contributed by atoms with Crippen LogP contribution < -0.4 is 4.90 Å². The maximum absolute atomic E-state index is 13.6. The molecule has 3 aromatic rings. The van der Waals surface area contributed by atoms with E-state index in [9.17, 15) is 14.0 Å². The molecular weight excluding hydrogens is 540 g/mol. The third-order valence-electron chi connectivity index (χ3n) is 7.60. The monoisotopic (exact) mass is 569 g/mol. The first-order chi connectivity index (χ1) is 18.8. The SMILES string of the molecule is CN(C(=O)Cc1ccc(F)cc1)C1CN(C(=O)c2ccc(N3CCOCC3)cc2)CC1c1ccc(Cl)c(Cl)c1. The van der Waals surface area contributed by atoms with Crippen molar-refractivity contribution in [1.29, 1.82) is 0 Å². The second kappa shape index (κ2) is 11.9. The first kappa shape index (κ1) is 27.4. The maximum atomic E-state index is 13.6. The minimum absolute atomic E-state index is 0.0875. The van der Waals surface area contributed by atoms with E-state index in [0.717, 1.165) is 29.9 Å². The fourth-order valence-corrected chi connectivity index (χ4v) is 5.63. The third kappa shape index (κ3) is 6.21. The molecule has 0 radical (unpaired) electrons. The highest BCUT2D eigenvalue weighted by Crippen LogP contribution is 2.35. The summed E-state index contributed by atoms with van der Waals surface area (Å²) in [4.78, 5) is 32.6. The molecule has 2 fully saturated rings. The molecule has 39 heavy (non-hydrogen) atoms. The fraction of sp³-hybridized carbons (Fsp3) is 0.333. The molecule has 2 saturated heterocycles. The fourth-order valence-electron chi connectivity index (χ4n) is 5.32. The van der Waals surface area contributed by atoms with Crippen molar-refractivity contribution >= 4 is 40.7 Å². The topological polar surface area (TPSA) is 53.1 Å². The van der Waals surface area contributed by atoms with E-state index in [4.69, 9.17) is 27.9 Å². The van der Waals surface area contributed by atoms with E-state index in [0.29, 0.717) is 41.9 Å². The van der Waals surface area contributed by atoms with Crippen molar-refractivity contribution < 1.29 is 18.7 Å². The summed E-state index contributed by atoms with van der Waals surface area (Å²) in [5.74, 6) is -0.697. The highest BCUT2D eigenvalue weighted by molar-refractivity contribution is 6.42. The molecule has 9 heteroatoms. The molecular formula is C30H30Cl2FN3O3. The molecule has 2 heterocycles. The lowest BCUT2D eigenvalue weighted by molar-refractivity contribution is -0.131. The number of carbonyl (C=O) groups is 2. The Morgan fingerprint density at radius 3 is 2.31 bits per heavy atom. The lowest BCUT2D eigenvalue weighted by Gasteiger charge is -2.29. The standard InChI is InChI=1S/C30H30Cl2FN3O3/c1-34(29(37)16-20-2-7-23(33)8-3-20)28-19-36(18-25(28)22-6-11-26(31)27(32)17-22)30(38)21-4-9-24(10-5-21)35-12-14-39-15-13-35/h2-11,17,25,28H,12-16,18-19H2,1H3. The van der Waals surface area contributed by atoms with E-state index in [-0.39, 0.29) is 36.0 Å². The summed E-state index contributed by atoms with van der Waals surface area (Å²) in [5, 5.41) is 0.876. The van der Waals surface area contributed by atoms with Gasteiger partial charge in [0.2, 0.25) is 5.91 Å². The quantitative estimate of drug-likeness (QED) is 0.405. The summed E-state index contributed by atoms with van der Waals surface area (Å²) in [6.07, 6.45) is 0.137.